The Morgan fingerprint density at radius 3 is 2.47 bits per heavy atom. The number of ether oxygens (including phenoxy) is 4. The second-order valence-electron chi connectivity index (χ2n) is 22.7. The van der Waals surface area contributed by atoms with Crippen LogP contribution in [-0.4, -0.2) is 151 Å². The normalized spacial score (nSPS) is 21.9. The van der Waals surface area contributed by atoms with Crippen LogP contribution in [0.5, 0.6) is 11.8 Å². The third-order valence-corrected chi connectivity index (χ3v) is 17.0. The van der Waals surface area contributed by atoms with Gasteiger partial charge >= 0.3 is 12.1 Å². The molecule has 3 aromatic heterocycles. The molecule has 8 heterocycles. The number of halogens is 1. The highest BCUT2D eigenvalue weighted by molar-refractivity contribution is 6.06. The molecule has 5 N–H and O–H groups in total. The summed E-state index contributed by atoms with van der Waals surface area (Å²) in [4.78, 5) is 56.4. The first kappa shape index (κ1) is 52.6. The molecule has 2 unspecified atom stereocenters. The van der Waals surface area contributed by atoms with Crippen LogP contribution in [0, 0.1) is 18.7 Å². The molecule has 5 saturated heterocycles. The minimum Gasteiger partial charge on any atom is -0.486 e. The Labute approximate surface area is 466 Å². The number of carbonyl (C=O) groups excluding carboxylic acids is 3. The van der Waals surface area contributed by atoms with E-state index in [1.165, 1.54) is 20.5 Å². The molecule has 21 nitrogen and oxygen atoms in total. The number of nitrogens with zero attached hydrogens (tertiary/aromatic N) is 9. The van der Waals surface area contributed by atoms with Gasteiger partial charge in [-0.15, -0.1) is 5.10 Å². The SMILES string of the molecule is Cc1c(F)cc2[nH]ncc2c1-c1c(C2CC2)cc2c(N3C[C@@H]4C[C@H]3CN4)nc(OC3CCOCC3)nc2c1OCc1ccc(-c2cn(C(C(=O)N3C[C@H](O)C[C@H]3C(=O)NC(CO)c3ccc(N4CCOC4=O)cc3)C(C)C)nn2)cc1. The fourth-order valence-electron chi connectivity index (χ4n) is 12.5. The lowest BCUT2D eigenvalue weighted by atomic mass is 9.88. The summed E-state index contributed by atoms with van der Waals surface area (Å²) in [5, 5.41) is 45.8. The number of rotatable bonds is 17. The predicted molar refractivity (Wildman–Crippen MR) is 296 cm³/mol. The van der Waals surface area contributed by atoms with E-state index < -0.39 is 48.7 Å². The summed E-state index contributed by atoms with van der Waals surface area (Å²) in [6, 6.07) is 16.5. The van der Waals surface area contributed by atoms with Crippen LogP contribution in [0.3, 0.4) is 0 Å². The number of nitrogens with one attached hydrogen (secondary N) is 3. The fraction of sp³-hybridized carbons (Fsp3) is 0.458. The molecule has 13 rings (SSSR count). The van der Waals surface area contributed by atoms with Crippen molar-refractivity contribution in [2.45, 2.75) is 114 Å². The van der Waals surface area contributed by atoms with Crippen molar-refractivity contribution < 1.29 is 47.9 Å². The number of piperazine rings is 1. The molecule has 3 amide bonds. The lowest BCUT2D eigenvalue weighted by Crippen LogP contribution is -2.50. The monoisotopic (exact) mass is 1100 g/mol. The molecule has 6 fully saturated rings. The molecule has 7 aromatic rings. The number of aliphatic hydroxyl groups is 2. The van der Waals surface area contributed by atoms with Crippen LogP contribution in [0.4, 0.5) is 20.7 Å². The number of hydrogen-bond acceptors (Lipinski definition) is 16. The molecule has 0 radical (unpaired) electrons. The minimum absolute atomic E-state index is 0.00949. The van der Waals surface area contributed by atoms with Gasteiger partial charge in [0.2, 0.25) is 11.8 Å². The van der Waals surface area contributed by atoms with Gasteiger partial charge < -0.3 is 49.6 Å². The second-order valence-corrected chi connectivity index (χ2v) is 22.7. The maximum Gasteiger partial charge on any atom is 0.414 e. The third-order valence-electron chi connectivity index (χ3n) is 17.0. The summed E-state index contributed by atoms with van der Waals surface area (Å²) in [6.45, 7) is 8.75. The summed E-state index contributed by atoms with van der Waals surface area (Å²) >= 11 is 0. The summed E-state index contributed by atoms with van der Waals surface area (Å²) in [5.74, 6) is -0.0445. The van der Waals surface area contributed by atoms with Gasteiger partial charge in [-0.3, -0.25) is 19.6 Å². The summed E-state index contributed by atoms with van der Waals surface area (Å²) in [5.41, 5.74) is 7.48. The fourth-order valence-corrected chi connectivity index (χ4v) is 12.5. The Balaban J connectivity index is 0.783. The van der Waals surface area contributed by atoms with Gasteiger partial charge in [0.15, 0.2) is 5.75 Å². The number of carbonyl (C=O) groups is 3. The largest absolute Gasteiger partial charge is 0.486 e. The number of aromatic nitrogens is 7. The molecular weight excluding hydrogens is 1040 g/mol. The minimum atomic E-state index is -1.02. The molecule has 6 atom stereocenters. The smallest absolute Gasteiger partial charge is 0.414 e. The van der Waals surface area contributed by atoms with Gasteiger partial charge in [-0.05, 0) is 84.5 Å². The van der Waals surface area contributed by atoms with Gasteiger partial charge in [0.25, 0.3) is 0 Å². The maximum atomic E-state index is 16.1. The van der Waals surface area contributed by atoms with Crippen molar-refractivity contribution in [3.8, 4) is 34.1 Å². The average Bonchev–Trinajstić information content (AvgIpc) is 4.38. The number of likely N-dealkylation sites (tertiary alicyclic amines) is 1. The van der Waals surface area contributed by atoms with Crippen LogP contribution in [0.2, 0.25) is 0 Å². The van der Waals surface area contributed by atoms with E-state index >= 15 is 4.39 Å². The van der Waals surface area contributed by atoms with E-state index in [-0.39, 0.29) is 55.4 Å². The van der Waals surface area contributed by atoms with Gasteiger partial charge in [-0.2, -0.15) is 15.1 Å². The number of aromatic amines is 1. The molecule has 1 saturated carbocycles. The van der Waals surface area contributed by atoms with Gasteiger partial charge in [-0.1, -0.05) is 55.5 Å². The average molecular weight is 1110 g/mol. The number of anilines is 2. The van der Waals surface area contributed by atoms with Crippen LogP contribution in [0.1, 0.15) is 92.6 Å². The van der Waals surface area contributed by atoms with Crippen molar-refractivity contribution in [1.82, 2.24) is 50.7 Å². The highest BCUT2D eigenvalue weighted by Gasteiger charge is 2.44. The molecule has 81 heavy (non-hydrogen) atoms. The first-order chi connectivity index (χ1) is 39.4. The zero-order chi connectivity index (χ0) is 55.6. The van der Waals surface area contributed by atoms with Gasteiger partial charge in [-0.25, -0.2) is 13.9 Å². The van der Waals surface area contributed by atoms with E-state index in [1.54, 1.807) is 43.6 Å². The summed E-state index contributed by atoms with van der Waals surface area (Å²) < 4.78 is 42.2. The van der Waals surface area contributed by atoms with E-state index in [4.69, 9.17) is 28.9 Å². The zero-order valence-electron chi connectivity index (χ0n) is 45.4. The maximum absolute atomic E-state index is 16.1. The summed E-state index contributed by atoms with van der Waals surface area (Å²) in [7, 11) is 0. The van der Waals surface area contributed by atoms with Crippen LogP contribution in [0.25, 0.3) is 44.2 Å². The highest BCUT2D eigenvalue weighted by atomic mass is 19.1. The van der Waals surface area contributed by atoms with Gasteiger partial charge in [0.1, 0.15) is 54.2 Å². The van der Waals surface area contributed by atoms with E-state index in [2.05, 4.69) is 42.1 Å². The first-order valence-corrected chi connectivity index (χ1v) is 28.2. The first-order valence-electron chi connectivity index (χ1n) is 28.2. The van der Waals surface area contributed by atoms with Crippen LogP contribution in [-0.2, 0) is 25.7 Å². The number of cyclic esters (lactones) is 1. The van der Waals surface area contributed by atoms with E-state index in [0.717, 1.165) is 71.2 Å². The lowest BCUT2D eigenvalue weighted by Gasteiger charge is -2.31. The van der Waals surface area contributed by atoms with Crippen molar-refractivity contribution in [2.24, 2.45) is 5.92 Å². The molecular formula is C59H65FN12O9. The van der Waals surface area contributed by atoms with Crippen molar-refractivity contribution in [3.63, 3.8) is 0 Å². The van der Waals surface area contributed by atoms with Gasteiger partial charge in [0, 0.05) is 84.1 Å². The standard InChI is InChI=1S/C59H65FN12O9/c1-31(2)53(57(76)71-27-40(74)21-49(71)56(75)63-48(29-73)36-10-12-38(13-11-36)69-16-19-79-59(69)77)72-28-47(67-68-72)35-6-4-33(5-7-35)30-80-54-51(50-32(3)45(60)23-46-44(50)25-62-66-46)42(34-8-9-34)22-43-52(54)64-58(81-41-14-17-78-18-15-41)65-55(43)70-26-37-20-39(70)24-61-37/h4-7,10-13,22-23,25,28,31,34,37,39-41,48-49,53,61,73-74H,8-9,14-21,24,26-27,29-30H2,1-3H3,(H,62,66)(H,63,75)/t37-,39-,40+,48?,49-,53?/m0/s1. The summed E-state index contributed by atoms with van der Waals surface area (Å²) in [6.07, 6.45) is 6.34. The van der Waals surface area contributed by atoms with E-state index in [9.17, 15) is 24.6 Å². The van der Waals surface area contributed by atoms with Crippen molar-refractivity contribution in [1.29, 1.82) is 0 Å². The number of aliphatic hydroxyl groups excluding tert-OH is 2. The Hall–Kier alpha value is -7.79. The number of amides is 3. The topological polar surface area (TPSA) is 248 Å². The molecule has 422 valence electrons. The number of H-pyrrole nitrogens is 1. The Morgan fingerprint density at radius 1 is 0.963 bits per heavy atom. The molecule has 0 spiro atoms. The van der Waals surface area contributed by atoms with Crippen molar-refractivity contribution in [3.05, 3.63) is 101 Å². The molecule has 2 bridgehead atoms. The van der Waals surface area contributed by atoms with Gasteiger partial charge in [0.05, 0.1) is 56.4 Å². The Kier molecular flexibility index (Phi) is 14.0. The molecule has 6 aliphatic rings. The van der Waals surface area contributed by atoms with Crippen LogP contribution >= 0.6 is 0 Å². The zero-order valence-corrected chi connectivity index (χ0v) is 45.4. The van der Waals surface area contributed by atoms with E-state index in [0.29, 0.717) is 90.1 Å². The number of hydrogen-bond donors (Lipinski definition) is 5. The molecule has 1 aliphatic carbocycles. The number of β-amino-alcohol motifs (C(OH)–C–C–N with tert-alkyl or cyclic N) is 1. The lowest BCUT2D eigenvalue weighted by molar-refractivity contribution is -0.142. The highest BCUT2D eigenvalue weighted by Crippen LogP contribution is 2.53. The Bertz CT molecular complexity index is 3530. The van der Waals surface area contributed by atoms with Crippen LogP contribution < -0.4 is 29.9 Å². The van der Waals surface area contributed by atoms with E-state index in [1.807, 2.05) is 38.1 Å². The van der Waals surface area contributed by atoms with Crippen molar-refractivity contribution >= 4 is 51.2 Å². The third kappa shape index (κ3) is 10.0. The molecule has 22 heteroatoms. The molecule has 5 aliphatic heterocycles. The second kappa shape index (κ2) is 21.6. The quantitative estimate of drug-likeness (QED) is 0.0661. The molecule has 4 aromatic carbocycles. The predicted octanol–water partition coefficient (Wildman–Crippen LogP) is 6.41. The van der Waals surface area contributed by atoms with Crippen molar-refractivity contribution in [2.75, 3.05) is 62.4 Å². The number of benzene rings is 4. The van der Waals surface area contributed by atoms with Crippen LogP contribution in [0.15, 0.2) is 73.1 Å². The number of fused-ring (bicyclic) bond motifs is 4. The Morgan fingerprint density at radius 2 is 1.77 bits per heavy atom.